The Kier molecular flexibility index (Phi) is 8.12. The van der Waals surface area contributed by atoms with E-state index in [4.69, 9.17) is 0 Å². The van der Waals surface area contributed by atoms with Gasteiger partial charge in [-0.05, 0) is 42.0 Å². The van der Waals surface area contributed by atoms with E-state index < -0.39 is 0 Å². The molecule has 2 aromatic carbocycles. The zero-order valence-corrected chi connectivity index (χ0v) is 18.2. The standard InChI is InChI=1S/C23H30N2O2S/c1-15(2)19-7-6-8-20(16(3)4)23(19)25-22(27)14-28-13-21(26)24-18-11-9-17(5)10-12-18/h6-12,15-16H,13-14H2,1-5H3,(H,24,26)(H,25,27). The first-order valence-corrected chi connectivity index (χ1v) is 10.8. The maximum absolute atomic E-state index is 12.5. The number of rotatable bonds is 8. The van der Waals surface area contributed by atoms with Crippen LogP contribution in [0, 0.1) is 6.92 Å². The molecular formula is C23H30N2O2S. The second kappa shape index (κ2) is 10.3. The summed E-state index contributed by atoms with van der Waals surface area (Å²) in [5, 5.41) is 5.93. The molecule has 150 valence electrons. The fraction of sp³-hybridized carbons (Fsp3) is 0.391. The van der Waals surface area contributed by atoms with Crippen molar-refractivity contribution in [1.82, 2.24) is 0 Å². The summed E-state index contributed by atoms with van der Waals surface area (Å²) in [6, 6.07) is 13.8. The lowest BCUT2D eigenvalue weighted by molar-refractivity contribution is -0.114. The molecule has 0 aromatic heterocycles. The van der Waals surface area contributed by atoms with Crippen LogP contribution in [0.4, 0.5) is 11.4 Å². The maximum atomic E-state index is 12.5. The summed E-state index contributed by atoms with van der Waals surface area (Å²) in [6.07, 6.45) is 0. The number of thioether (sulfide) groups is 1. The molecule has 2 amide bonds. The first-order chi connectivity index (χ1) is 13.3. The molecule has 0 heterocycles. The topological polar surface area (TPSA) is 58.2 Å². The van der Waals surface area contributed by atoms with Gasteiger partial charge >= 0.3 is 0 Å². The molecule has 0 saturated carbocycles. The van der Waals surface area contributed by atoms with Crippen LogP contribution in [0.2, 0.25) is 0 Å². The number of carbonyl (C=O) groups excluding carboxylic acids is 2. The predicted octanol–water partition coefficient (Wildman–Crippen LogP) is 5.55. The number of amides is 2. The van der Waals surface area contributed by atoms with Crippen molar-refractivity contribution in [2.24, 2.45) is 0 Å². The van der Waals surface area contributed by atoms with Crippen LogP contribution in [0.5, 0.6) is 0 Å². The average molecular weight is 399 g/mol. The van der Waals surface area contributed by atoms with Crippen molar-refractivity contribution in [2.75, 3.05) is 22.1 Å². The molecule has 28 heavy (non-hydrogen) atoms. The molecule has 0 aliphatic rings. The predicted molar refractivity (Wildman–Crippen MR) is 120 cm³/mol. The van der Waals surface area contributed by atoms with Crippen molar-refractivity contribution in [3.63, 3.8) is 0 Å². The normalized spacial score (nSPS) is 11.0. The zero-order chi connectivity index (χ0) is 20.7. The number of carbonyl (C=O) groups is 2. The third-order valence-corrected chi connectivity index (χ3v) is 5.37. The van der Waals surface area contributed by atoms with Gasteiger partial charge in [-0.1, -0.05) is 63.6 Å². The van der Waals surface area contributed by atoms with Gasteiger partial charge in [-0.15, -0.1) is 11.8 Å². The van der Waals surface area contributed by atoms with E-state index in [1.54, 1.807) is 0 Å². The third kappa shape index (κ3) is 6.41. The van der Waals surface area contributed by atoms with Gasteiger partial charge in [0.25, 0.3) is 0 Å². The van der Waals surface area contributed by atoms with E-state index in [0.29, 0.717) is 11.8 Å². The van der Waals surface area contributed by atoms with Crippen molar-refractivity contribution in [2.45, 2.75) is 46.5 Å². The zero-order valence-electron chi connectivity index (χ0n) is 17.3. The fourth-order valence-electron chi connectivity index (χ4n) is 2.94. The van der Waals surface area contributed by atoms with Crippen LogP contribution in [0.25, 0.3) is 0 Å². The second-order valence-electron chi connectivity index (χ2n) is 7.58. The van der Waals surface area contributed by atoms with Gasteiger partial charge in [-0.3, -0.25) is 9.59 Å². The number of benzene rings is 2. The Morgan fingerprint density at radius 1 is 0.821 bits per heavy atom. The number of para-hydroxylation sites is 1. The fourth-order valence-corrected chi connectivity index (χ4v) is 3.56. The minimum Gasteiger partial charge on any atom is -0.325 e. The molecule has 0 atom stereocenters. The van der Waals surface area contributed by atoms with Crippen LogP contribution in [-0.2, 0) is 9.59 Å². The Morgan fingerprint density at radius 2 is 1.32 bits per heavy atom. The Balaban J connectivity index is 1.90. The maximum Gasteiger partial charge on any atom is 0.234 e. The first kappa shape index (κ1) is 22.0. The highest BCUT2D eigenvalue weighted by Gasteiger charge is 2.16. The molecule has 0 radical (unpaired) electrons. The summed E-state index contributed by atoms with van der Waals surface area (Å²) in [5.41, 5.74) is 5.12. The minimum atomic E-state index is -0.105. The molecule has 4 nitrogen and oxygen atoms in total. The van der Waals surface area contributed by atoms with Crippen LogP contribution in [-0.4, -0.2) is 23.3 Å². The monoisotopic (exact) mass is 398 g/mol. The van der Waals surface area contributed by atoms with Gasteiger partial charge in [0, 0.05) is 11.4 Å². The largest absolute Gasteiger partial charge is 0.325 e. The van der Waals surface area contributed by atoms with Gasteiger partial charge in [0.2, 0.25) is 11.8 Å². The van der Waals surface area contributed by atoms with E-state index >= 15 is 0 Å². The number of hydrogen-bond donors (Lipinski definition) is 2. The van der Waals surface area contributed by atoms with E-state index in [2.05, 4.69) is 50.5 Å². The molecule has 2 N–H and O–H groups in total. The quantitative estimate of drug-likeness (QED) is 0.613. The van der Waals surface area contributed by atoms with Crippen LogP contribution >= 0.6 is 11.8 Å². The first-order valence-electron chi connectivity index (χ1n) is 9.64. The summed E-state index contributed by atoms with van der Waals surface area (Å²) in [4.78, 5) is 24.5. The van der Waals surface area contributed by atoms with Gasteiger partial charge < -0.3 is 10.6 Å². The lowest BCUT2D eigenvalue weighted by atomic mass is 9.92. The van der Waals surface area contributed by atoms with E-state index in [0.717, 1.165) is 28.1 Å². The van der Waals surface area contributed by atoms with Crippen LogP contribution in [0.15, 0.2) is 42.5 Å². The van der Waals surface area contributed by atoms with Crippen molar-refractivity contribution < 1.29 is 9.59 Å². The van der Waals surface area contributed by atoms with E-state index in [9.17, 15) is 9.59 Å². The molecule has 2 rings (SSSR count). The number of nitrogens with one attached hydrogen (secondary N) is 2. The molecule has 5 heteroatoms. The molecular weight excluding hydrogens is 368 g/mol. The lowest BCUT2D eigenvalue weighted by Gasteiger charge is -2.20. The second-order valence-corrected chi connectivity index (χ2v) is 8.56. The van der Waals surface area contributed by atoms with Crippen molar-refractivity contribution >= 4 is 35.0 Å². The lowest BCUT2D eigenvalue weighted by Crippen LogP contribution is -2.20. The smallest absolute Gasteiger partial charge is 0.234 e. The summed E-state index contributed by atoms with van der Waals surface area (Å²) in [5.74, 6) is 0.939. The highest BCUT2D eigenvalue weighted by molar-refractivity contribution is 8.00. The van der Waals surface area contributed by atoms with Crippen molar-refractivity contribution in [1.29, 1.82) is 0 Å². The molecule has 0 spiro atoms. The summed E-state index contributed by atoms with van der Waals surface area (Å²) < 4.78 is 0. The van der Waals surface area contributed by atoms with Crippen molar-refractivity contribution in [3.05, 3.63) is 59.2 Å². The molecule has 0 bridgehead atoms. The van der Waals surface area contributed by atoms with Gasteiger partial charge in [0.05, 0.1) is 11.5 Å². The van der Waals surface area contributed by atoms with Gasteiger partial charge in [-0.25, -0.2) is 0 Å². The highest BCUT2D eigenvalue weighted by Crippen LogP contribution is 2.32. The molecule has 0 fully saturated rings. The number of hydrogen-bond acceptors (Lipinski definition) is 3. The highest BCUT2D eigenvalue weighted by atomic mass is 32.2. The van der Waals surface area contributed by atoms with Gasteiger partial charge in [0.1, 0.15) is 0 Å². The molecule has 0 unspecified atom stereocenters. The van der Waals surface area contributed by atoms with Gasteiger partial charge in [0.15, 0.2) is 0 Å². The summed E-state index contributed by atoms with van der Waals surface area (Å²) in [7, 11) is 0. The molecule has 0 aliphatic carbocycles. The minimum absolute atomic E-state index is 0.0804. The van der Waals surface area contributed by atoms with Gasteiger partial charge in [-0.2, -0.15) is 0 Å². The third-order valence-electron chi connectivity index (χ3n) is 4.44. The average Bonchev–Trinajstić information content (AvgIpc) is 2.63. The molecule has 0 saturated heterocycles. The SMILES string of the molecule is Cc1ccc(NC(=O)CSCC(=O)Nc2c(C(C)C)cccc2C(C)C)cc1. The van der Waals surface area contributed by atoms with E-state index in [1.165, 1.54) is 11.8 Å². The van der Waals surface area contributed by atoms with Crippen LogP contribution in [0.3, 0.4) is 0 Å². The van der Waals surface area contributed by atoms with E-state index in [-0.39, 0.29) is 23.3 Å². The van der Waals surface area contributed by atoms with Crippen LogP contribution < -0.4 is 10.6 Å². The number of aryl methyl sites for hydroxylation is 1. The Morgan fingerprint density at radius 3 is 1.82 bits per heavy atom. The van der Waals surface area contributed by atoms with Crippen LogP contribution in [0.1, 0.15) is 56.2 Å². The molecule has 0 aliphatic heterocycles. The summed E-state index contributed by atoms with van der Waals surface area (Å²) >= 11 is 1.32. The number of anilines is 2. The Labute approximate surface area is 172 Å². The molecule has 2 aromatic rings. The Bertz CT molecular complexity index is 788. The summed E-state index contributed by atoms with van der Waals surface area (Å²) in [6.45, 7) is 10.5. The van der Waals surface area contributed by atoms with E-state index in [1.807, 2.05) is 37.3 Å². The van der Waals surface area contributed by atoms with Crippen molar-refractivity contribution in [3.8, 4) is 0 Å². The Hall–Kier alpha value is -2.27.